The van der Waals surface area contributed by atoms with Gasteiger partial charge in [-0.1, -0.05) is 24.9 Å². The molecular weight excluding hydrogens is 267 g/mol. The van der Waals surface area contributed by atoms with E-state index in [4.69, 9.17) is 16.3 Å². The molecule has 0 aliphatic heterocycles. The Hall–Kier alpha value is -0.930. The van der Waals surface area contributed by atoms with Crippen molar-refractivity contribution in [3.8, 4) is 0 Å². The summed E-state index contributed by atoms with van der Waals surface area (Å²) < 4.78 is 19.4. The van der Waals surface area contributed by atoms with Gasteiger partial charge < -0.3 is 4.74 Å². The third kappa shape index (κ3) is 2.82. The van der Waals surface area contributed by atoms with Crippen LogP contribution in [0.2, 0.25) is 5.02 Å². The number of carbonyl (C=O) groups is 1. The lowest BCUT2D eigenvalue weighted by molar-refractivity contribution is -0.0305. The zero-order valence-electron chi connectivity index (χ0n) is 11.2. The number of ether oxygens (including phenoxy) is 1. The van der Waals surface area contributed by atoms with Gasteiger partial charge in [0.25, 0.3) is 0 Å². The monoisotopic (exact) mass is 284 g/mol. The normalized spacial score (nSPS) is 27.3. The largest absolute Gasteiger partial charge is 0.370 e. The molecule has 2 unspecified atom stereocenters. The van der Waals surface area contributed by atoms with E-state index in [2.05, 4.69) is 6.92 Å². The van der Waals surface area contributed by atoms with Gasteiger partial charge in [-0.3, -0.25) is 4.79 Å². The molecule has 0 radical (unpaired) electrons. The second-order valence-corrected chi connectivity index (χ2v) is 5.79. The van der Waals surface area contributed by atoms with E-state index in [1.807, 2.05) is 0 Å². The van der Waals surface area contributed by atoms with Crippen molar-refractivity contribution in [2.24, 2.45) is 5.92 Å². The quantitative estimate of drug-likeness (QED) is 0.775. The summed E-state index contributed by atoms with van der Waals surface area (Å²) >= 11 is 5.72. The number of halogens is 2. The third-order valence-corrected chi connectivity index (χ3v) is 4.17. The van der Waals surface area contributed by atoms with E-state index in [1.165, 1.54) is 25.3 Å². The van der Waals surface area contributed by atoms with Crippen LogP contribution in [0.5, 0.6) is 0 Å². The van der Waals surface area contributed by atoms with Crippen molar-refractivity contribution in [3.05, 3.63) is 34.6 Å². The number of hydrogen-bond acceptors (Lipinski definition) is 2. The minimum atomic E-state index is -0.883. The van der Waals surface area contributed by atoms with Crippen molar-refractivity contribution in [1.82, 2.24) is 0 Å². The zero-order valence-corrected chi connectivity index (χ0v) is 12.0. The first kappa shape index (κ1) is 14.5. The SMILES string of the molecule is COC1(C(=O)c2ccc(Cl)cc2F)CCCC(C)C1. The number of benzene rings is 1. The molecule has 1 aliphatic rings. The Balaban J connectivity index is 2.35. The van der Waals surface area contributed by atoms with Crippen LogP contribution in [0.3, 0.4) is 0 Å². The van der Waals surface area contributed by atoms with E-state index in [-0.39, 0.29) is 16.4 Å². The maximum Gasteiger partial charge on any atom is 0.197 e. The lowest BCUT2D eigenvalue weighted by atomic mass is 9.75. The molecule has 0 N–H and O–H groups in total. The van der Waals surface area contributed by atoms with Crippen LogP contribution in [0, 0.1) is 11.7 Å². The molecule has 1 saturated carbocycles. The average molecular weight is 285 g/mol. The predicted octanol–water partition coefficient (Wildman–Crippen LogP) is 4.26. The van der Waals surface area contributed by atoms with Crippen molar-refractivity contribution in [2.45, 2.75) is 38.2 Å². The summed E-state index contributed by atoms with van der Waals surface area (Å²) in [5, 5.41) is 0.289. The molecule has 0 saturated heterocycles. The van der Waals surface area contributed by atoms with Gasteiger partial charge in [-0.15, -0.1) is 0 Å². The Morgan fingerprint density at radius 2 is 2.26 bits per heavy atom. The van der Waals surface area contributed by atoms with Gasteiger partial charge in [-0.2, -0.15) is 0 Å². The molecule has 2 atom stereocenters. The minimum Gasteiger partial charge on any atom is -0.370 e. The summed E-state index contributed by atoms with van der Waals surface area (Å²) in [6, 6.07) is 4.15. The van der Waals surface area contributed by atoms with Gasteiger partial charge in [0, 0.05) is 12.1 Å². The highest BCUT2D eigenvalue weighted by molar-refractivity contribution is 6.30. The highest BCUT2D eigenvalue weighted by Gasteiger charge is 2.43. The van der Waals surface area contributed by atoms with Gasteiger partial charge in [0.1, 0.15) is 11.4 Å². The maximum absolute atomic E-state index is 13.9. The summed E-state index contributed by atoms with van der Waals surface area (Å²) in [7, 11) is 1.53. The fraction of sp³-hybridized carbons (Fsp3) is 0.533. The number of methoxy groups -OCH3 is 1. The summed E-state index contributed by atoms with van der Waals surface area (Å²) in [4.78, 5) is 12.6. The van der Waals surface area contributed by atoms with Crippen LogP contribution in [-0.2, 0) is 4.74 Å². The first-order valence-corrected chi connectivity index (χ1v) is 6.91. The molecule has 104 valence electrons. The van der Waals surface area contributed by atoms with Gasteiger partial charge >= 0.3 is 0 Å². The second kappa shape index (κ2) is 5.59. The van der Waals surface area contributed by atoms with E-state index < -0.39 is 11.4 Å². The summed E-state index contributed by atoms with van der Waals surface area (Å²) in [5.74, 6) is -0.434. The molecule has 0 heterocycles. The number of ketones is 1. The lowest BCUT2D eigenvalue weighted by Crippen LogP contribution is -2.45. The molecule has 2 nitrogen and oxygen atoms in total. The number of Topliss-reactive ketones (excluding diaryl/α,β-unsaturated/α-hetero) is 1. The first-order valence-electron chi connectivity index (χ1n) is 6.53. The van der Waals surface area contributed by atoms with E-state index in [0.29, 0.717) is 18.8 Å². The molecule has 19 heavy (non-hydrogen) atoms. The Morgan fingerprint density at radius 1 is 1.53 bits per heavy atom. The number of carbonyl (C=O) groups excluding carboxylic acids is 1. The van der Waals surface area contributed by atoms with Crippen LogP contribution in [0.1, 0.15) is 43.0 Å². The van der Waals surface area contributed by atoms with E-state index in [1.54, 1.807) is 0 Å². The van der Waals surface area contributed by atoms with Gasteiger partial charge in [-0.05, 0) is 43.4 Å². The Morgan fingerprint density at radius 3 is 2.84 bits per heavy atom. The molecule has 1 fully saturated rings. The highest BCUT2D eigenvalue weighted by atomic mass is 35.5. The van der Waals surface area contributed by atoms with Crippen LogP contribution in [0.4, 0.5) is 4.39 Å². The molecule has 0 amide bonds. The standard InChI is InChI=1S/C15H18ClFO2/c1-10-4-3-7-15(9-10,19-2)14(18)12-6-5-11(16)8-13(12)17/h5-6,8,10H,3-4,7,9H2,1-2H3. The second-order valence-electron chi connectivity index (χ2n) is 5.35. The molecule has 1 aromatic carbocycles. The zero-order chi connectivity index (χ0) is 14.0. The smallest absolute Gasteiger partial charge is 0.197 e. The molecule has 1 aromatic rings. The van der Waals surface area contributed by atoms with Crippen molar-refractivity contribution in [1.29, 1.82) is 0 Å². The molecule has 1 aliphatic carbocycles. The third-order valence-electron chi connectivity index (χ3n) is 3.94. The van der Waals surface area contributed by atoms with Gasteiger partial charge in [0.15, 0.2) is 5.78 Å². The van der Waals surface area contributed by atoms with Crippen LogP contribution >= 0.6 is 11.6 Å². The minimum absolute atomic E-state index is 0.0698. The first-order chi connectivity index (χ1) is 8.98. The average Bonchev–Trinajstić information content (AvgIpc) is 2.38. The van der Waals surface area contributed by atoms with Crippen molar-refractivity contribution in [3.63, 3.8) is 0 Å². The van der Waals surface area contributed by atoms with E-state index in [9.17, 15) is 9.18 Å². The molecule has 4 heteroatoms. The van der Waals surface area contributed by atoms with Crippen molar-refractivity contribution < 1.29 is 13.9 Å². The molecular formula is C15H18ClFO2. The summed E-state index contributed by atoms with van der Waals surface area (Å²) in [6.07, 6.45) is 3.30. The predicted molar refractivity (Wildman–Crippen MR) is 73.1 cm³/mol. The maximum atomic E-state index is 13.9. The van der Waals surface area contributed by atoms with Crippen LogP contribution in [-0.4, -0.2) is 18.5 Å². The van der Waals surface area contributed by atoms with E-state index in [0.717, 1.165) is 12.8 Å². The fourth-order valence-electron chi connectivity index (χ4n) is 2.91. The van der Waals surface area contributed by atoms with Crippen LogP contribution < -0.4 is 0 Å². The van der Waals surface area contributed by atoms with E-state index >= 15 is 0 Å². The van der Waals surface area contributed by atoms with Crippen LogP contribution in [0.25, 0.3) is 0 Å². The van der Waals surface area contributed by atoms with Crippen molar-refractivity contribution in [2.75, 3.05) is 7.11 Å². The Bertz CT molecular complexity index is 489. The Labute approximate surface area is 117 Å². The topological polar surface area (TPSA) is 26.3 Å². The summed E-state index contributed by atoms with van der Waals surface area (Å²) in [6.45, 7) is 2.10. The van der Waals surface area contributed by atoms with Crippen molar-refractivity contribution >= 4 is 17.4 Å². The Kier molecular flexibility index (Phi) is 4.26. The number of rotatable bonds is 3. The van der Waals surface area contributed by atoms with Gasteiger partial charge in [-0.25, -0.2) is 4.39 Å². The molecule has 2 rings (SSSR count). The molecule has 0 bridgehead atoms. The molecule has 0 spiro atoms. The summed E-state index contributed by atoms with van der Waals surface area (Å²) in [5.41, 5.74) is -0.813. The lowest BCUT2D eigenvalue weighted by Gasteiger charge is -2.37. The number of hydrogen-bond donors (Lipinski definition) is 0. The van der Waals surface area contributed by atoms with Crippen LogP contribution in [0.15, 0.2) is 18.2 Å². The van der Waals surface area contributed by atoms with Gasteiger partial charge in [0.2, 0.25) is 0 Å². The molecule has 0 aromatic heterocycles. The highest BCUT2D eigenvalue weighted by Crippen LogP contribution is 2.37. The fourth-order valence-corrected chi connectivity index (χ4v) is 3.07. The van der Waals surface area contributed by atoms with Gasteiger partial charge in [0.05, 0.1) is 5.56 Å².